The smallest absolute Gasteiger partial charge is 0.253 e. The molecule has 1 amide bonds. The van der Waals surface area contributed by atoms with Gasteiger partial charge >= 0.3 is 0 Å². The van der Waals surface area contributed by atoms with Crippen LogP contribution in [0.4, 0.5) is 5.69 Å². The molecule has 5 heteroatoms. The number of carbonyl (C=O) groups is 1. The van der Waals surface area contributed by atoms with Crippen molar-refractivity contribution < 1.29 is 14.3 Å². The van der Waals surface area contributed by atoms with E-state index < -0.39 is 6.10 Å². The molecule has 1 aliphatic heterocycles. The third-order valence-corrected chi connectivity index (χ3v) is 4.50. The number of rotatable bonds is 8. The number of anilines is 1. The summed E-state index contributed by atoms with van der Waals surface area (Å²) in [4.78, 5) is 12.3. The number of hydrogen-bond donors (Lipinski definition) is 2. The van der Waals surface area contributed by atoms with Crippen LogP contribution in [0.2, 0.25) is 0 Å². The third-order valence-electron chi connectivity index (χ3n) is 4.50. The van der Waals surface area contributed by atoms with Crippen LogP contribution in [0.1, 0.15) is 24.0 Å². The molecule has 3 rings (SSSR count). The SMILES string of the molecule is NC[C@H]1CC[C@@H](C(=O)Nc2cccc(COCCc3ccccc3)c2)O1. The van der Waals surface area contributed by atoms with Crippen LogP contribution >= 0.6 is 0 Å². The van der Waals surface area contributed by atoms with Gasteiger partial charge in [0.15, 0.2) is 0 Å². The van der Waals surface area contributed by atoms with Gasteiger partial charge in [-0.15, -0.1) is 0 Å². The van der Waals surface area contributed by atoms with Gasteiger partial charge in [0.1, 0.15) is 6.10 Å². The van der Waals surface area contributed by atoms with E-state index in [1.165, 1.54) is 5.56 Å². The lowest BCUT2D eigenvalue weighted by atomic mass is 10.1. The molecule has 1 heterocycles. The molecular weight excluding hydrogens is 328 g/mol. The zero-order valence-corrected chi connectivity index (χ0v) is 14.9. The Morgan fingerprint density at radius 2 is 1.92 bits per heavy atom. The molecule has 3 N–H and O–H groups in total. The van der Waals surface area contributed by atoms with Crippen molar-refractivity contribution in [3.8, 4) is 0 Å². The van der Waals surface area contributed by atoms with Crippen molar-refractivity contribution in [3.63, 3.8) is 0 Å². The number of ether oxygens (including phenoxy) is 2. The Balaban J connectivity index is 1.45. The molecule has 0 radical (unpaired) electrons. The Hall–Kier alpha value is -2.21. The predicted octanol–water partition coefficient (Wildman–Crippen LogP) is 2.89. The van der Waals surface area contributed by atoms with Crippen LogP contribution in [0.15, 0.2) is 54.6 Å². The molecule has 0 unspecified atom stereocenters. The molecule has 26 heavy (non-hydrogen) atoms. The van der Waals surface area contributed by atoms with Crippen molar-refractivity contribution in [1.82, 2.24) is 0 Å². The van der Waals surface area contributed by atoms with E-state index in [4.69, 9.17) is 15.2 Å². The zero-order chi connectivity index (χ0) is 18.2. The highest BCUT2D eigenvalue weighted by atomic mass is 16.5. The normalized spacial score (nSPS) is 19.4. The van der Waals surface area contributed by atoms with Gasteiger partial charge in [0.05, 0.1) is 19.3 Å². The molecule has 1 aliphatic rings. The van der Waals surface area contributed by atoms with Crippen LogP contribution in [0, 0.1) is 0 Å². The summed E-state index contributed by atoms with van der Waals surface area (Å²) in [7, 11) is 0. The highest BCUT2D eigenvalue weighted by Crippen LogP contribution is 2.21. The van der Waals surface area contributed by atoms with Crippen molar-refractivity contribution in [2.45, 2.75) is 38.1 Å². The standard InChI is InChI=1S/C21H26N2O3/c22-14-19-9-10-20(26-19)21(24)23-18-8-4-7-17(13-18)15-25-12-11-16-5-2-1-3-6-16/h1-8,13,19-20H,9-12,14-15,22H2,(H,23,24)/t19-,20+/m1/s1. The Kier molecular flexibility index (Phi) is 6.77. The van der Waals surface area contributed by atoms with E-state index in [0.29, 0.717) is 19.8 Å². The largest absolute Gasteiger partial charge is 0.376 e. The van der Waals surface area contributed by atoms with Gasteiger partial charge in [-0.25, -0.2) is 0 Å². The molecule has 5 nitrogen and oxygen atoms in total. The van der Waals surface area contributed by atoms with Crippen LogP contribution in [0.5, 0.6) is 0 Å². The fraction of sp³-hybridized carbons (Fsp3) is 0.381. The minimum atomic E-state index is -0.408. The van der Waals surface area contributed by atoms with Gasteiger partial charge < -0.3 is 20.5 Å². The van der Waals surface area contributed by atoms with Gasteiger partial charge in [0, 0.05) is 12.2 Å². The molecule has 0 spiro atoms. The number of nitrogens with two attached hydrogens (primary N) is 1. The molecule has 0 aromatic heterocycles. The lowest BCUT2D eigenvalue weighted by Crippen LogP contribution is -2.29. The fourth-order valence-electron chi connectivity index (χ4n) is 3.06. The first-order chi connectivity index (χ1) is 12.7. The first kappa shape index (κ1) is 18.6. The summed E-state index contributed by atoms with van der Waals surface area (Å²) in [6.45, 7) is 1.64. The Bertz CT molecular complexity index is 705. The van der Waals surface area contributed by atoms with Gasteiger partial charge in [-0.05, 0) is 42.5 Å². The molecule has 1 fully saturated rings. The molecule has 138 valence electrons. The van der Waals surface area contributed by atoms with E-state index in [1.807, 2.05) is 42.5 Å². The van der Waals surface area contributed by atoms with Crippen LogP contribution in [-0.4, -0.2) is 31.3 Å². The van der Waals surface area contributed by atoms with Crippen LogP contribution < -0.4 is 11.1 Å². The second kappa shape index (κ2) is 9.48. The zero-order valence-electron chi connectivity index (χ0n) is 14.9. The highest BCUT2D eigenvalue weighted by molar-refractivity contribution is 5.94. The van der Waals surface area contributed by atoms with Gasteiger partial charge in [0.2, 0.25) is 0 Å². The molecule has 1 saturated heterocycles. The van der Waals surface area contributed by atoms with E-state index in [2.05, 4.69) is 17.4 Å². The summed E-state index contributed by atoms with van der Waals surface area (Å²) in [5, 5.41) is 2.92. The third kappa shape index (κ3) is 5.39. The molecule has 2 atom stereocenters. The van der Waals surface area contributed by atoms with E-state index in [9.17, 15) is 4.79 Å². The summed E-state index contributed by atoms with van der Waals surface area (Å²) in [5.74, 6) is -0.108. The Labute approximate surface area is 154 Å². The van der Waals surface area contributed by atoms with E-state index in [-0.39, 0.29) is 12.0 Å². The quantitative estimate of drug-likeness (QED) is 0.715. The average Bonchev–Trinajstić information content (AvgIpc) is 3.16. The maximum Gasteiger partial charge on any atom is 0.253 e. The number of benzene rings is 2. The molecule has 0 bridgehead atoms. The van der Waals surface area contributed by atoms with Crippen molar-refractivity contribution >= 4 is 11.6 Å². The van der Waals surface area contributed by atoms with E-state index in [1.54, 1.807) is 0 Å². The Morgan fingerprint density at radius 1 is 1.12 bits per heavy atom. The van der Waals surface area contributed by atoms with Crippen molar-refractivity contribution in [1.29, 1.82) is 0 Å². The fourth-order valence-corrected chi connectivity index (χ4v) is 3.06. The summed E-state index contributed by atoms with van der Waals surface area (Å²) in [6.07, 6.45) is 2.03. The number of nitrogens with one attached hydrogen (secondary N) is 1. The lowest BCUT2D eigenvalue weighted by Gasteiger charge is -2.13. The van der Waals surface area contributed by atoms with E-state index >= 15 is 0 Å². The summed E-state index contributed by atoms with van der Waals surface area (Å²) in [6, 6.07) is 18.0. The maximum absolute atomic E-state index is 12.3. The van der Waals surface area contributed by atoms with Gasteiger partial charge in [-0.3, -0.25) is 4.79 Å². The van der Waals surface area contributed by atoms with Crippen molar-refractivity contribution in [3.05, 3.63) is 65.7 Å². The van der Waals surface area contributed by atoms with Crippen molar-refractivity contribution in [2.75, 3.05) is 18.5 Å². The monoisotopic (exact) mass is 354 g/mol. The number of amides is 1. The summed E-state index contributed by atoms with van der Waals surface area (Å²) in [5.41, 5.74) is 8.65. The summed E-state index contributed by atoms with van der Waals surface area (Å²) < 4.78 is 11.4. The first-order valence-electron chi connectivity index (χ1n) is 9.11. The van der Waals surface area contributed by atoms with Crippen molar-refractivity contribution in [2.24, 2.45) is 5.73 Å². The molecule has 2 aromatic rings. The minimum Gasteiger partial charge on any atom is -0.376 e. The number of hydrogen-bond acceptors (Lipinski definition) is 4. The van der Waals surface area contributed by atoms with E-state index in [0.717, 1.165) is 30.5 Å². The molecule has 2 aromatic carbocycles. The Morgan fingerprint density at radius 3 is 2.69 bits per heavy atom. The topological polar surface area (TPSA) is 73.6 Å². The van der Waals surface area contributed by atoms with Crippen LogP contribution in [-0.2, 0) is 27.3 Å². The van der Waals surface area contributed by atoms with Gasteiger partial charge in [-0.2, -0.15) is 0 Å². The summed E-state index contributed by atoms with van der Waals surface area (Å²) >= 11 is 0. The molecular formula is C21H26N2O3. The predicted molar refractivity (Wildman–Crippen MR) is 102 cm³/mol. The number of carbonyl (C=O) groups excluding carboxylic acids is 1. The van der Waals surface area contributed by atoms with Gasteiger partial charge in [-0.1, -0.05) is 42.5 Å². The second-order valence-corrected chi connectivity index (χ2v) is 6.54. The van der Waals surface area contributed by atoms with Gasteiger partial charge in [0.25, 0.3) is 5.91 Å². The lowest BCUT2D eigenvalue weighted by molar-refractivity contribution is -0.126. The highest BCUT2D eigenvalue weighted by Gasteiger charge is 2.29. The first-order valence-corrected chi connectivity index (χ1v) is 9.11. The van der Waals surface area contributed by atoms with Crippen LogP contribution in [0.25, 0.3) is 0 Å². The van der Waals surface area contributed by atoms with Crippen LogP contribution in [0.3, 0.4) is 0 Å². The molecule has 0 saturated carbocycles. The maximum atomic E-state index is 12.3. The average molecular weight is 354 g/mol. The minimum absolute atomic E-state index is 0.00454. The molecule has 0 aliphatic carbocycles. The second-order valence-electron chi connectivity index (χ2n) is 6.54.